The number of amides is 1. The van der Waals surface area contributed by atoms with Gasteiger partial charge < -0.3 is 9.88 Å². The van der Waals surface area contributed by atoms with E-state index in [1.54, 1.807) is 0 Å². The Kier molecular flexibility index (Phi) is 3.92. The predicted octanol–water partition coefficient (Wildman–Crippen LogP) is 5.22. The lowest BCUT2D eigenvalue weighted by Crippen LogP contribution is -2.17. The minimum absolute atomic E-state index is 0.0810. The summed E-state index contributed by atoms with van der Waals surface area (Å²) in [7, 11) is 0. The Bertz CT molecular complexity index is 944. The van der Waals surface area contributed by atoms with Crippen molar-refractivity contribution >= 4 is 41.0 Å². The number of nitrogens with one attached hydrogen (secondary N) is 1. The van der Waals surface area contributed by atoms with Crippen LogP contribution in [0.15, 0.2) is 76.7 Å². The molecule has 0 spiro atoms. The average Bonchev–Trinajstić information content (AvgIpc) is 3.04. The largest absolute Gasteiger partial charge is 0.320 e. The van der Waals surface area contributed by atoms with Crippen molar-refractivity contribution in [3.05, 3.63) is 82.5 Å². The number of carbonyl (C=O) groups excluding carboxylic acids is 1. The molecule has 0 fully saturated rings. The van der Waals surface area contributed by atoms with E-state index in [2.05, 4.69) is 5.32 Å². The summed E-state index contributed by atoms with van der Waals surface area (Å²) in [5.41, 5.74) is 2.80. The van der Waals surface area contributed by atoms with Gasteiger partial charge in [-0.15, -0.1) is 0 Å². The lowest BCUT2D eigenvalue weighted by atomic mass is 10.3. The molecule has 0 saturated carbocycles. The fourth-order valence-electron chi connectivity index (χ4n) is 2.59. The highest BCUT2D eigenvalue weighted by Crippen LogP contribution is 2.38. The number of fused-ring (bicyclic) bond motifs is 1. The number of aromatic nitrogens is 1. The molecule has 0 radical (unpaired) electrons. The normalized spacial score (nSPS) is 15.2. The fraction of sp³-hybridized carbons (Fsp3) is 0. The van der Waals surface area contributed by atoms with Crippen LogP contribution in [0, 0.1) is 0 Å². The van der Waals surface area contributed by atoms with Gasteiger partial charge >= 0.3 is 0 Å². The second-order valence-corrected chi connectivity index (χ2v) is 6.86. The molecule has 5 heteroatoms. The maximum Gasteiger partial charge on any atom is 0.262 e. The standard InChI is InChI=1S/C19H13ClN2OS/c20-13-7-9-14(10-8-13)22-11-3-4-15(22)12-18-19(23)21-16-5-1-2-6-17(16)24-18/h1-12H,(H,21,23)/b18-12-. The number of nitrogens with zero attached hydrogens (tertiary/aromatic N) is 1. The molecule has 0 saturated heterocycles. The minimum atomic E-state index is -0.0810. The molecule has 0 aliphatic carbocycles. The minimum Gasteiger partial charge on any atom is -0.320 e. The maximum absolute atomic E-state index is 12.3. The third kappa shape index (κ3) is 2.86. The average molecular weight is 353 g/mol. The van der Waals surface area contributed by atoms with Gasteiger partial charge in [0, 0.05) is 27.5 Å². The number of rotatable bonds is 2. The molecule has 0 atom stereocenters. The Morgan fingerprint density at radius 3 is 2.62 bits per heavy atom. The molecule has 1 aromatic heterocycles. The zero-order valence-corrected chi connectivity index (χ0v) is 14.1. The lowest BCUT2D eigenvalue weighted by Gasteiger charge is -2.18. The van der Waals surface area contributed by atoms with Gasteiger partial charge in [0.05, 0.1) is 10.6 Å². The highest BCUT2D eigenvalue weighted by Gasteiger charge is 2.20. The predicted molar refractivity (Wildman–Crippen MR) is 99.7 cm³/mol. The smallest absolute Gasteiger partial charge is 0.262 e. The molecule has 118 valence electrons. The van der Waals surface area contributed by atoms with Crippen molar-refractivity contribution in [3.63, 3.8) is 0 Å². The van der Waals surface area contributed by atoms with Crippen molar-refractivity contribution in [1.29, 1.82) is 0 Å². The summed E-state index contributed by atoms with van der Waals surface area (Å²) in [6, 6.07) is 19.4. The van der Waals surface area contributed by atoms with Crippen molar-refractivity contribution in [2.24, 2.45) is 0 Å². The van der Waals surface area contributed by atoms with Crippen LogP contribution in [0.25, 0.3) is 11.8 Å². The summed E-state index contributed by atoms with van der Waals surface area (Å²) in [4.78, 5) is 14.1. The number of thioether (sulfide) groups is 1. The lowest BCUT2D eigenvalue weighted by molar-refractivity contribution is -0.112. The van der Waals surface area contributed by atoms with Crippen molar-refractivity contribution in [1.82, 2.24) is 4.57 Å². The summed E-state index contributed by atoms with van der Waals surface area (Å²) in [6.45, 7) is 0. The molecule has 1 aliphatic rings. The molecule has 1 aliphatic heterocycles. The molecular weight excluding hydrogens is 340 g/mol. The molecule has 2 heterocycles. The van der Waals surface area contributed by atoms with Crippen LogP contribution in [-0.2, 0) is 4.79 Å². The molecule has 2 aromatic carbocycles. The van der Waals surface area contributed by atoms with Crippen LogP contribution in [0.4, 0.5) is 5.69 Å². The summed E-state index contributed by atoms with van der Waals surface area (Å²) in [6.07, 6.45) is 3.87. The fourth-order valence-corrected chi connectivity index (χ4v) is 3.65. The van der Waals surface area contributed by atoms with Crippen LogP contribution < -0.4 is 5.32 Å². The van der Waals surface area contributed by atoms with E-state index in [0.29, 0.717) is 9.93 Å². The molecule has 1 N–H and O–H groups in total. The van der Waals surface area contributed by atoms with E-state index in [0.717, 1.165) is 22.0 Å². The van der Waals surface area contributed by atoms with Gasteiger partial charge in [-0.05, 0) is 54.6 Å². The van der Waals surface area contributed by atoms with E-state index in [1.165, 1.54) is 11.8 Å². The number of benzene rings is 2. The highest BCUT2D eigenvalue weighted by atomic mass is 35.5. The maximum atomic E-state index is 12.3. The number of carbonyl (C=O) groups is 1. The van der Waals surface area contributed by atoms with Crippen LogP contribution in [0.3, 0.4) is 0 Å². The van der Waals surface area contributed by atoms with Crippen LogP contribution in [-0.4, -0.2) is 10.5 Å². The molecular formula is C19H13ClN2OS. The quantitative estimate of drug-likeness (QED) is 0.642. The summed E-state index contributed by atoms with van der Waals surface area (Å²) >= 11 is 7.44. The summed E-state index contributed by atoms with van der Waals surface area (Å²) in [5, 5.41) is 3.63. The van der Waals surface area contributed by atoms with Gasteiger partial charge in [-0.1, -0.05) is 35.5 Å². The van der Waals surface area contributed by atoms with E-state index < -0.39 is 0 Å². The highest BCUT2D eigenvalue weighted by molar-refractivity contribution is 8.04. The Morgan fingerprint density at radius 1 is 1.00 bits per heavy atom. The first-order valence-corrected chi connectivity index (χ1v) is 8.63. The number of hydrogen-bond acceptors (Lipinski definition) is 2. The van der Waals surface area contributed by atoms with Gasteiger partial charge in [-0.2, -0.15) is 0 Å². The zero-order valence-electron chi connectivity index (χ0n) is 12.6. The van der Waals surface area contributed by atoms with Crippen LogP contribution in [0.1, 0.15) is 5.69 Å². The Morgan fingerprint density at radius 2 is 1.79 bits per heavy atom. The van der Waals surface area contributed by atoms with Gasteiger partial charge in [-0.25, -0.2) is 0 Å². The Labute approximate surface area is 149 Å². The molecule has 1 amide bonds. The number of anilines is 1. The second kappa shape index (κ2) is 6.23. The molecule has 0 unspecified atom stereocenters. The molecule has 3 aromatic rings. The first-order valence-electron chi connectivity index (χ1n) is 7.44. The zero-order chi connectivity index (χ0) is 16.5. The Balaban J connectivity index is 1.71. The number of hydrogen-bond donors (Lipinski definition) is 1. The van der Waals surface area contributed by atoms with E-state index in [9.17, 15) is 4.79 Å². The number of halogens is 1. The third-order valence-corrected chi connectivity index (χ3v) is 5.09. The second-order valence-electron chi connectivity index (χ2n) is 5.34. The Hall–Kier alpha value is -2.43. The third-order valence-electron chi connectivity index (χ3n) is 3.74. The van der Waals surface area contributed by atoms with Gasteiger partial charge in [0.25, 0.3) is 5.91 Å². The first kappa shape index (κ1) is 15.1. The van der Waals surface area contributed by atoms with Crippen molar-refractivity contribution in [3.8, 4) is 5.69 Å². The first-order chi connectivity index (χ1) is 11.7. The van der Waals surface area contributed by atoms with Gasteiger partial charge in [0.15, 0.2) is 0 Å². The summed E-state index contributed by atoms with van der Waals surface area (Å²) in [5.74, 6) is -0.0810. The van der Waals surface area contributed by atoms with E-state index in [4.69, 9.17) is 11.6 Å². The van der Waals surface area contributed by atoms with E-state index in [1.807, 2.05) is 77.5 Å². The van der Waals surface area contributed by atoms with E-state index >= 15 is 0 Å². The van der Waals surface area contributed by atoms with Gasteiger partial charge in [-0.3, -0.25) is 4.79 Å². The summed E-state index contributed by atoms with van der Waals surface area (Å²) < 4.78 is 2.03. The number of para-hydroxylation sites is 1. The van der Waals surface area contributed by atoms with Crippen molar-refractivity contribution in [2.45, 2.75) is 4.90 Å². The topological polar surface area (TPSA) is 34.0 Å². The van der Waals surface area contributed by atoms with E-state index in [-0.39, 0.29) is 5.91 Å². The molecule has 4 rings (SSSR count). The molecule has 3 nitrogen and oxygen atoms in total. The monoisotopic (exact) mass is 352 g/mol. The van der Waals surface area contributed by atoms with Crippen LogP contribution in [0.2, 0.25) is 5.02 Å². The SMILES string of the molecule is O=C1Nc2ccccc2S/C1=C\c1cccn1-c1ccc(Cl)cc1. The molecule has 24 heavy (non-hydrogen) atoms. The molecule has 0 bridgehead atoms. The van der Waals surface area contributed by atoms with Crippen LogP contribution >= 0.6 is 23.4 Å². The van der Waals surface area contributed by atoms with Crippen LogP contribution in [0.5, 0.6) is 0 Å². The van der Waals surface area contributed by atoms with Gasteiger partial charge in [0.1, 0.15) is 0 Å². The van der Waals surface area contributed by atoms with Crippen molar-refractivity contribution < 1.29 is 4.79 Å². The van der Waals surface area contributed by atoms with Gasteiger partial charge in [0.2, 0.25) is 0 Å². The van der Waals surface area contributed by atoms with Crippen molar-refractivity contribution in [2.75, 3.05) is 5.32 Å².